The number of esters is 1. The Morgan fingerprint density at radius 2 is 2.07 bits per heavy atom. The molecule has 0 bridgehead atoms. The fraction of sp³-hybridized carbons (Fsp3) is 0.188. The number of nitrogens with one attached hydrogen (secondary N) is 1. The average molecular weight is 404 g/mol. The molecule has 28 heavy (non-hydrogen) atoms. The van der Waals surface area contributed by atoms with E-state index in [1.54, 1.807) is 6.92 Å². The second kappa shape index (κ2) is 7.52. The molecular formula is C16H12N4O7S. The Hall–Kier alpha value is -3.67. The molecule has 0 radical (unpaired) electrons. The minimum atomic E-state index is -0.922. The van der Waals surface area contributed by atoms with Crippen LogP contribution in [0.1, 0.15) is 38.1 Å². The summed E-state index contributed by atoms with van der Waals surface area (Å²) < 4.78 is 4.79. The summed E-state index contributed by atoms with van der Waals surface area (Å²) in [7, 11) is 0. The first kappa shape index (κ1) is 19.1. The molecule has 144 valence electrons. The third-order valence-electron chi connectivity index (χ3n) is 3.71. The van der Waals surface area contributed by atoms with Crippen molar-refractivity contribution in [2.45, 2.75) is 6.92 Å². The van der Waals surface area contributed by atoms with Gasteiger partial charge in [0.1, 0.15) is 12.1 Å². The van der Waals surface area contributed by atoms with Crippen molar-refractivity contribution in [3.8, 4) is 0 Å². The molecule has 0 atom stereocenters. The summed E-state index contributed by atoms with van der Waals surface area (Å²) in [5.41, 5.74) is -0.966. The normalized spacial score (nSPS) is 12.7. The molecule has 0 saturated carbocycles. The fourth-order valence-electron chi connectivity index (χ4n) is 2.54. The van der Waals surface area contributed by atoms with Crippen molar-refractivity contribution in [3.63, 3.8) is 0 Å². The quantitative estimate of drug-likeness (QED) is 0.329. The minimum Gasteiger partial charge on any atom is -0.461 e. The van der Waals surface area contributed by atoms with Crippen molar-refractivity contribution in [1.82, 2.24) is 9.88 Å². The highest BCUT2D eigenvalue weighted by atomic mass is 32.1. The van der Waals surface area contributed by atoms with Crippen LogP contribution in [0.4, 0.5) is 10.8 Å². The summed E-state index contributed by atoms with van der Waals surface area (Å²) >= 11 is 0.964. The van der Waals surface area contributed by atoms with Gasteiger partial charge in [-0.15, -0.1) is 11.3 Å². The first-order valence-electron chi connectivity index (χ1n) is 7.89. The van der Waals surface area contributed by atoms with Gasteiger partial charge in [0.15, 0.2) is 10.8 Å². The molecule has 1 aromatic heterocycles. The second-order valence-corrected chi connectivity index (χ2v) is 6.32. The maximum absolute atomic E-state index is 12.4. The van der Waals surface area contributed by atoms with E-state index < -0.39 is 40.8 Å². The van der Waals surface area contributed by atoms with Gasteiger partial charge in [-0.3, -0.25) is 29.4 Å². The number of nitro benzene ring substituents is 1. The molecule has 0 spiro atoms. The summed E-state index contributed by atoms with van der Waals surface area (Å²) in [5.74, 6) is -3.12. The van der Waals surface area contributed by atoms with Crippen molar-refractivity contribution in [2.75, 3.05) is 18.5 Å². The van der Waals surface area contributed by atoms with E-state index in [2.05, 4.69) is 10.3 Å². The van der Waals surface area contributed by atoms with Crippen molar-refractivity contribution >= 4 is 45.8 Å². The molecule has 11 nitrogen and oxygen atoms in total. The number of hydrogen-bond acceptors (Lipinski definition) is 9. The van der Waals surface area contributed by atoms with Gasteiger partial charge in [0, 0.05) is 11.4 Å². The van der Waals surface area contributed by atoms with E-state index in [0.29, 0.717) is 4.90 Å². The van der Waals surface area contributed by atoms with Crippen molar-refractivity contribution in [1.29, 1.82) is 0 Å². The van der Waals surface area contributed by atoms with Crippen LogP contribution in [0.15, 0.2) is 23.6 Å². The highest BCUT2D eigenvalue weighted by Crippen LogP contribution is 2.30. The molecule has 3 rings (SSSR count). The molecule has 2 aromatic rings. The highest BCUT2D eigenvalue weighted by Gasteiger charge is 2.41. The van der Waals surface area contributed by atoms with Crippen LogP contribution < -0.4 is 5.32 Å². The van der Waals surface area contributed by atoms with Crippen LogP contribution >= 0.6 is 11.3 Å². The number of nitrogens with zero attached hydrogens (tertiary/aromatic N) is 3. The van der Waals surface area contributed by atoms with E-state index in [-0.39, 0.29) is 28.6 Å². The van der Waals surface area contributed by atoms with Gasteiger partial charge >= 0.3 is 5.97 Å². The second-order valence-electron chi connectivity index (χ2n) is 5.46. The maximum atomic E-state index is 12.4. The Morgan fingerprint density at radius 3 is 2.75 bits per heavy atom. The fourth-order valence-corrected chi connectivity index (χ4v) is 3.24. The summed E-state index contributed by atoms with van der Waals surface area (Å²) in [6, 6.07) is 3.69. The predicted octanol–water partition coefficient (Wildman–Crippen LogP) is 1.46. The zero-order chi connectivity index (χ0) is 20.4. The molecule has 1 N–H and O–H groups in total. The molecule has 1 aliphatic heterocycles. The van der Waals surface area contributed by atoms with Crippen LogP contribution in [-0.4, -0.2) is 51.6 Å². The zero-order valence-electron chi connectivity index (χ0n) is 14.3. The van der Waals surface area contributed by atoms with Crippen LogP contribution in [0.2, 0.25) is 0 Å². The Morgan fingerprint density at radius 1 is 1.32 bits per heavy atom. The summed E-state index contributed by atoms with van der Waals surface area (Å²) in [5, 5.41) is 14.9. The summed E-state index contributed by atoms with van der Waals surface area (Å²) in [6.07, 6.45) is 0. The largest absolute Gasteiger partial charge is 0.461 e. The zero-order valence-corrected chi connectivity index (χ0v) is 15.1. The molecule has 0 aliphatic carbocycles. The third-order valence-corrected chi connectivity index (χ3v) is 4.47. The number of nitro groups is 1. The number of ether oxygens (including phenoxy) is 1. The van der Waals surface area contributed by atoms with Crippen molar-refractivity contribution in [2.24, 2.45) is 0 Å². The predicted molar refractivity (Wildman–Crippen MR) is 95.2 cm³/mol. The topological polar surface area (TPSA) is 149 Å². The van der Waals surface area contributed by atoms with Gasteiger partial charge in [0.05, 0.1) is 17.1 Å². The van der Waals surface area contributed by atoms with E-state index in [0.717, 1.165) is 17.4 Å². The molecule has 1 aromatic carbocycles. The van der Waals surface area contributed by atoms with Crippen molar-refractivity contribution < 1.29 is 28.8 Å². The number of rotatable bonds is 6. The number of imide groups is 1. The van der Waals surface area contributed by atoms with Gasteiger partial charge in [0.25, 0.3) is 17.5 Å². The van der Waals surface area contributed by atoms with Gasteiger partial charge < -0.3 is 10.1 Å². The molecule has 0 unspecified atom stereocenters. The van der Waals surface area contributed by atoms with E-state index in [1.807, 2.05) is 0 Å². The standard InChI is InChI=1S/C16H12N4O7S/c1-2-27-15(24)9-7-28-16(17-9)18-11(21)6-19-13(22)8-4-3-5-10(20(25)26)12(8)14(19)23/h3-5,7H,2,6H2,1H3,(H,17,18,21). The molecule has 0 saturated heterocycles. The maximum Gasteiger partial charge on any atom is 0.357 e. The Balaban J connectivity index is 1.72. The lowest BCUT2D eigenvalue weighted by Crippen LogP contribution is -2.37. The molecule has 0 fully saturated rings. The number of fused-ring (bicyclic) bond motifs is 1. The lowest BCUT2D eigenvalue weighted by molar-refractivity contribution is -0.385. The number of carbonyl (C=O) groups excluding carboxylic acids is 4. The molecule has 1 aliphatic rings. The highest BCUT2D eigenvalue weighted by molar-refractivity contribution is 7.14. The molecule has 2 heterocycles. The van der Waals surface area contributed by atoms with Gasteiger partial charge in [-0.25, -0.2) is 9.78 Å². The molecular weight excluding hydrogens is 392 g/mol. The number of anilines is 1. The average Bonchev–Trinajstić information content (AvgIpc) is 3.21. The lowest BCUT2D eigenvalue weighted by atomic mass is 10.1. The van der Waals surface area contributed by atoms with Crippen LogP contribution in [0.5, 0.6) is 0 Å². The van der Waals surface area contributed by atoms with Crippen molar-refractivity contribution in [3.05, 3.63) is 50.5 Å². The molecule has 12 heteroatoms. The van der Waals surface area contributed by atoms with Gasteiger partial charge in [-0.1, -0.05) is 6.07 Å². The minimum absolute atomic E-state index is 0.0125. The Labute approximate surface area is 161 Å². The Kier molecular flexibility index (Phi) is 5.13. The third kappa shape index (κ3) is 3.44. The van der Waals surface area contributed by atoms with Crippen LogP contribution in [0.3, 0.4) is 0 Å². The first-order valence-corrected chi connectivity index (χ1v) is 8.77. The first-order chi connectivity index (χ1) is 13.3. The summed E-state index contributed by atoms with van der Waals surface area (Å²) in [4.78, 5) is 63.4. The smallest absolute Gasteiger partial charge is 0.357 e. The van der Waals surface area contributed by atoms with E-state index >= 15 is 0 Å². The van der Waals surface area contributed by atoms with E-state index in [9.17, 15) is 29.3 Å². The monoisotopic (exact) mass is 404 g/mol. The van der Waals surface area contributed by atoms with Gasteiger partial charge in [-0.2, -0.15) is 0 Å². The van der Waals surface area contributed by atoms with E-state index in [4.69, 9.17) is 4.74 Å². The number of benzene rings is 1. The number of thiazole rings is 1. The summed E-state index contributed by atoms with van der Waals surface area (Å²) in [6.45, 7) is 1.15. The van der Waals surface area contributed by atoms with Crippen LogP contribution in [-0.2, 0) is 9.53 Å². The lowest BCUT2D eigenvalue weighted by Gasteiger charge is -2.12. The van der Waals surface area contributed by atoms with Crippen LogP contribution in [0.25, 0.3) is 0 Å². The van der Waals surface area contributed by atoms with Gasteiger partial charge in [0.2, 0.25) is 5.91 Å². The number of amides is 3. The van der Waals surface area contributed by atoms with Crippen LogP contribution in [0, 0.1) is 10.1 Å². The van der Waals surface area contributed by atoms with Gasteiger partial charge in [-0.05, 0) is 13.0 Å². The number of carbonyl (C=O) groups is 4. The molecule has 3 amide bonds. The Bertz CT molecular complexity index is 1020. The number of hydrogen-bond donors (Lipinski definition) is 1. The number of aromatic nitrogens is 1. The van der Waals surface area contributed by atoms with E-state index in [1.165, 1.54) is 17.5 Å². The SMILES string of the molecule is CCOC(=O)c1csc(NC(=O)CN2C(=O)c3cccc([N+](=O)[O-])c3C2=O)n1.